The number of para-hydroxylation sites is 1. The Labute approximate surface area is 142 Å². The van der Waals surface area contributed by atoms with Crippen molar-refractivity contribution in [1.82, 2.24) is 10.1 Å². The molecule has 1 aromatic carbocycles. The number of amides is 2. The number of aryl methyl sites for hydroxylation is 1. The predicted molar refractivity (Wildman–Crippen MR) is 94.0 cm³/mol. The van der Waals surface area contributed by atoms with E-state index in [1.165, 1.54) is 0 Å². The first-order valence-corrected chi connectivity index (χ1v) is 8.45. The van der Waals surface area contributed by atoms with Gasteiger partial charge in [-0.25, -0.2) is 4.79 Å². The molecule has 0 saturated carbocycles. The maximum absolute atomic E-state index is 12.5. The quantitative estimate of drug-likeness (QED) is 0.902. The second-order valence-corrected chi connectivity index (χ2v) is 6.27. The number of carbonyl (C=O) groups is 1. The number of rotatable bonds is 3. The first-order chi connectivity index (χ1) is 11.6. The largest absolute Gasteiger partial charge is 0.367 e. The normalized spacial score (nSPS) is 15.5. The number of nitrogen functional groups attached to an aromatic ring is 1. The van der Waals surface area contributed by atoms with Gasteiger partial charge in [0.05, 0.1) is 5.69 Å². The molecule has 1 saturated heterocycles. The number of nitrogens with zero attached hydrogens (tertiary/aromatic N) is 2. The molecule has 6 nitrogen and oxygen atoms in total. The highest BCUT2D eigenvalue weighted by Gasteiger charge is 2.28. The Bertz CT molecular complexity index is 718. The number of anilines is 2. The van der Waals surface area contributed by atoms with Gasteiger partial charge >= 0.3 is 6.03 Å². The minimum Gasteiger partial charge on any atom is -0.367 e. The maximum atomic E-state index is 12.5. The number of hydrogen-bond acceptors (Lipinski definition) is 4. The lowest BCUT2D eigenvalue weighted by atomic mass is 9.90. The van der Waals surface area contributed by atoms with Gasteiger partial charge in [0.15, 0.2) is 0 Å². The van der Waals surface area contributed by atoms with Gasteiger partial charge in [0.2, 0.25) is 5.88 Å². The van der Waals surface area contributed by atoms with E-state index in [1.54, 1.807) is 0 Å². The van der Waals surface area contributed by atoms with Crippen LogP contribution in [0.4, 0.5) is 16.4 Å². The number of aromatic nitrogens is 1. The Kier molecular flexibility index (Phi) is 4.74. The van der Waals surface area contributed by atoms with Crippen LogP contribution in [0.3, 0.4) is 0 Å². The summed E-state index contributed by atoms with van der Waals surface area (Å²) in [5.41, 5.74) is 9.73. The highest BCUT2D eigenvalue weighted by molar-refractivity contribution is 5.90. The minimum atomic E-state index is -0.0434. The number of likely N-dealkylation sites (tertiary alicyclic amines) is 1. The van der Waals surface area contributed by atoms with Crippen molar-refractivity contribution >= 4 is 17.6 Å². The Morgan fingerprint density at radius 1 is 1.38 bits per heavy atom. The molecular formula is C18H24N4O2. The number of hydrogen-bond donors (Lipinski definition) is 2. The van der Waals surface area contributed by atoms with Gasteiger partial charge in [-0.1, -0.05) is 30.3 Å². The highest BCUT2D eigenvalue weighted by Crippen LogP contribution is 2.32. The molecular weight excluding hydrogens is 304 g/mol. The van der Waals surface area contributed by atoms with Crippen LogP contribution in [0, 0.1) is 6.92 Å². The molecule has 3 rings (SSSR count). The van der Waals surface area contributed by atoms with Gasteiger partial charge in [-0.3, -0.25) is 0 Å². The number of nitrogens with one attached hydrogen (secondary N) is 1. The molecule has 1 aliphatic rings. The molecule has 0 radical (unpaired) electrons. The summed E-state index contributed by atoms with van der Waals surface area (Å²) in [7, 11) is 0. The standard InChI is InChI=1S/C18H24N4O2/c1-3-14-16(21-24-17(14)19)13-8-10-22(11-9-13)18(23)20-15-7-5-4-6-12(15)2/h4-7,13H,3,8-11,19H2,1-2H3,(H,20,23). The van der Waals surface area contributed by atoms with Gasteiger partial charge in [-0.15, -0.1) is 0 Å². The lowest BCUT2D eigenvalue weighted by molar-refractivity contribution is 0.193. The van der Waals surface area contributed by atoms with Crippen LogP contribution in [0.1, 0.15) is 42.5 Å². The van der Waals surface area contributed by atoms with Crippen LogP contribution in [0.15, 0.2) is 28.8 Å². The summed E-state index contributed by atoms with van der Waals surface area (Å²) in [5, 5.41) is 7.13. The monoisotopic (exact) mass is 328 g/mol. The Morgan fingerprint density at radius 2 is 2.08 bits per heavy atom. The highest BCUT2D eigenvalue weighted by atomic mass is 16.5. The number of urea groups is 1. The van der Waals surface area contributed by atoms with E-state index in [0.29, 0.717) is 24.9 Å². The van der Waals surface area contributed by atoms with E-state index < -0.39 is 0 Å². The fourth-order valence-electron chi connectivity index (χ4n) is 3.27. The molecule has 1 fully saturated rings. The summed E-state index contributed by atoms with van der Waals surface area (Å²) in [6.45, 7) is 5.46. The summed E-state index contributed by atoms with van der Waals surface area (Å²) < 4.78 is 5.14. The molecule has 2 heterocycles. The summed E-state index contributed by atoms with van der Waals surface area (Å²) in [6, 6.07) is 7.76. The van der Waals surface area contributed by atoms with Crippen LogP contribution >= 0.6 is 0 Å². The SMILES string of the molecule is CCc1c(C2CCN(C(=O)Nc3ccccc3C)CC2)noc1N. The summed E-state index contributed by atoms with van der Waals surface area (Å²) in [6.07, 6.45) is 2.57. The Hall–Kier alpha value is -2.50. The molecule has 128 valence electrons. The smallest absolute Gasteiger partial charge is 0.321 e. The summed E-state index contributed by atoms with van der Waals surface area (Å²) >= 11 is 0. The fraction of sp³-hybridized carbons (Fsp3) is 0.444. The fourth-order valence-corrected chi connectivity index (χ4v) is 3.27. The van der Waals surface area contributed by atoms with Crippen LogP contribution in [0.2, 0.25) is 0 Å². The van der Waals surface area contributed by atoms with Gasteiger partial charge in [0, 0.05) is 30.3 Å². The second kappa shape index (κ2) is 6.95. The van der Waals surface area contributed by atoms with Gasteiger partial charge in [-0.05, 0) is 37.8 Å². The number of carbonyl (C=O) groups excluding carboxylic acids is 1. The molecule has 3 N–H and O–H groups in total. The van der Waals surface area contributed by atoms with Crippen molar-refractivity contribution in [2.75, 3.05) is 24.1 Å². The zero-order valence-corrected chi connectivity index (χ0v) is 14.2. The van der Waals surface area contributed by atoms with Crippen LogP contribution in [0.5, 0.6) is 0 Å². The van der Waals surface area contributed by atoms with Gasteiger partial charge in [-0.2, -0.15) is 0 Å². The molecule has 6 heteroatoms. The van der Waals surface area contributed by atoms with Crippen molar-refractivity contribution in [3.63, 3.8) is 0 Å². The first kappa shape index (κ1) is 16.4. The topological polar surface area (TPSA) is 84.4 Å². The lowest BCUT2D eigenvalue weighted by Crippen LogP contribution is -2.40. The molecule has 2 aromatic rings. The third-order valence-corrected chi connectivity index (χ3v) is 4.76. The number of benzene rings is 1. The molecule has 1 aromatic heterocycles. The third kappa shape index (κ3) is 3.22. The average molecular weight is 328 g/mol. The van der Waals surface area contributed by atoms with Crippen molar-refractivity contribution in [2.45, 2.75) is 39.0 Å². The van der Waals surface area contributed by atoms with Crippen molar-refractivity contribution in [1.29, 1.82) is 0 Å². The third-order valence-electron chi connectivity index (χ3n) is 4.76. The second-order valence-electron chi connectivity index (χ2n) is 6.27. The Morgan fingerprint density at radius 3 is 2.75 bits per heavy atom. The van der Waals surface area contributed by atoms with Crippen molar-refractivity contribution in [3.8, 4) is 0 Å². The Balaban J connectivity index is 1.60. The minimum absolute atomic E-state index is 0.0434. The number of nitrogens with two attached hydrogens (primary N) is 1. The van der Waals surface area contributed by atoms with E-state index in [9.17, 15) is 4.79 Å². The van der Waals surface area contributed by atoms with Crippen LogP contribution in [-0.2, 0) is 6.42 Å². The van der Waals surface area contributed by atoms with E-state index in [1.807, 2.05) is 36.1 Å². The van der Waals surface area contributed by atoms with Crippen molar-refractivity contribution in [2.24, 2.45) is 0 Å². The van der Waals surface area contributed by atoms with Crippen molar-refractivity contribution < 1.29 is 9.32 Å². The summed E-state index contributed by atoms with van der Waals surface area (Å²) in [4.78, 5) is 14.3. The van der Waals surface area contributed by atoms with Crippen LogP contribution in [0.25, 0.3) is 0 Å². The first-order valence-electron chi connectivity index (χ1n) is 8.45. The zero-order chi connectivity index (χ0) is 17.1. The number of piperidine rings is 1. The van der Waals surface area contributed by atoms with Crippen LogP contribution < -0.4 is 11.1 Å². The molecule has 24 heavy (non-hydrogen) atoms. The van der Waals surface area contributed by atoms with Gasteiger partial charge in [0.25, 0.3) is 0 Å². The van der Waals surface area contributed by atoms with Crippen molar-refractivity contribution in [3.05, 3.63) is 41.1 Å². The summed E-state index contributed by atoms with van der Waals surface area (Å²) in [5.74, 6) is 0.732. The van der Waals surface area contributed by atoms with Gasteiger partial charge < -0.3 is 20.5 Å². The van der Waals surface area contributed by atoms with E-state index in [-0.39, 0.29) is 6.03 Å². The molecule has 0 atom stereocenters. The van der Waals surface area contributed by atoms with E-state index in [0.717, 1.165) is 41.8 Å². The molecule has 0 aliphatic carbocycles. The van der Waals surface area contributed by atoms with E-state index >= 15 is 0 Å². The van der Waals surface area contributed by atoms with E-state index in [4.69, 9.17) is 10.3 Å². The zero-order valence-electron chi connectivity index (χ0n) is 14.2. The van der Waals surface area contributed by atoms with Gasteiger partial charge in [0.1, 0.15) is 0 Å². The average Bonchev–Trinajstić information content (AvgIpc) is 2.97. The molecule has 0 bridgehead atoms. The molecule has 0 spiro atoms. The van der Waals surface area contributed by atoms with Crippen LogP contribution in [-0.4, -0.2) is 29.2 Å². The maximum Gasteiger partial charge on any atom is 0.321 e. The predicted octanol–water partition coefficient (Wildman–Crippen LogP) is 3.54. The molecule has 1 aliphatic heterocycles. The molecule has 2 amide bonds. The lowest BCUT2D eigenvalue weighted by Gasteiger charge is -2.31. The van der Waals surface area contributed by atoms with E-state index in [2.05, 4.69) is 17.4 Å². The molecule has 0 unspecified atom stereocenters.